The van der Waals surface area contributed by atoms with E-state index in [9.17, 15) is 13.6 Å². The molecule has 0 saturated carbocycles. The minimum atomic E-state index is -0.985. The van der Waals surface area contributed by atoms with Gasteiger partial charge < -0.3 is 15.2 Å². The Bertz CT molecular complexity index is 728. The number of benzene rings is 1. The van der Waals surface area contributed by atoms with E-state index in [1.165, 1.54) is 12.1 Å². The van der Waals surface area contributed by atoms with Crippen molar-refractivity contribution in [1.29, 1.82) is 0 Å². The van der Waals surface area contributed by atoms with Gasteiger partial charge in [-0.05, 0) is 50.1 Å². The molecule has 0 amide bonds. The van der Waals surface area contributed by atoms with Crippen LogP contribution < -0.4 is 10.1 Å². The zero-order valence-corrected chi connectivity index (χ0v) is 14.1. The summed E-state index contributed by atoms with van der Waals surface area (Å²) in [5.74, 6) is -2.64. The molecule has 0 unspecified atom stereocenters. The van der Waals surface area contributed by atoms with Crippen LogP contribution in [0.3, 0.4) is 0 Å². The Balaban J connectivity index is 2.23. The van der Waals surface area contributed by atoms with Crippen molar-refractivity contribution in [2.45, 2.75) is 32.7 Å². The Morgan fingerprint density at radius 3 is 2.60 bits per heavy atom. The number of carboxylic acid groups (broad SMARTS) is 1. The van der Waals surface area contributed by atoms with Gasteiger partial charge in [-0.15, -0.1) is 0 Å². The fourth-order valence-corrected chi connectivity index (χ4v) is 2.28. The first-order chi connectivity index (χ1) is 11.9. The number of hydrogen-bond acceptors (Lipinski definition) is 4. The molecule has 134 valence electrons. The van der Waals surface area contributed by atoms with Crippen molar-refractivity contribution in [3.63, 3.8) is 0 Å². The monoisotopic (exact) mass is 350 g/mol. The van der Waals surface area contributed by atoms with E-state index >= 15 is 0 Å². The van der Waals surface area contributed by atoms with Gasteiger partial charge in [-0.25, -0.2) is 13.8 Å². The highest BCUT2D eigenvalue weighted by Gasteiger charge is 2.16. The first kappa shape index (κ1) is 18.6. The van der Waals surface area contributed by atoms with Crippen molar-refractivity contribution in [3.8, 4) is 16.9 Å². The second kappa shape index (κ2) is 8.41. The van der Waals surface area contributed by atoms with E-state index in [0.717, 1.165) is 0 Å². The Labute approximate surface area is 144 Å². The van der Waals surface area contributed by atoms with Gasteiger partial charge in [-0.2, -0.15) is 0 Å². The summed E-state index contributed by atoms with van der Waals surface area (Å²) in [5.41, 5.74) is 0.913. The number of nitrogens with one attached hydrogen (secondary N) is 1. The van der Waals surface area contributed by atoms with E-state index < -0.39 is 23.4 Å². The molecule has 2 aromatic rings. The molecule has 25 heavy (non-hydrogen) atoms. The van der Waals surface area contributed by atoms with Crippen LogP contribution in [0, 0.1) is 11.6 Å². The SMILES string of the molecule is CC(C)Nc1ncccc1-c1cc(F)c(OCCCC(=O)O)c(F)c1. The van der Waals surface area contributed by atoms with Crippen LogP contribution in [0.15, 0.2) is 30.5 Å². The van der Waals surface area contributed by atoms with Gasteiger partial charge in [-0.3, -0.25) is 4.79 Å². The number of rotatable bonds is 8. The Morgan fingerprint density at radius 1 is 1.32 bits per heavy atom. The molecular formula is C18H20F2N2O3. The molecule has 7 heteroatoms. The van der Waals surface area contributed by atoms with Gasteiger partial charge in [0.05, 0.1) is 6.61 Å². The maximum atomic E-state index is 14.3. The summed E-state index contributed by atoms with van der Waals surface area (Å²) in [7, 11) is 0. The molecule has 1 aromatic heterocycles. The summed E-state index contributed by atoms with van der Waals surface area (Å²) < 4.78 is 33.6. The molecule has 5 nitrogen and oxygen atoms in total. The van der Waals surface area contributed by atoms with E-state index in [0.29, 0.717) is 16.9 Å². The number of hydrogen-bond donors (Lipinski definition) is 2. The Morgan fingerprint density at radius 2 is 2.00 bits per heavy atom. The molecule has 0 bridgehead atoms. The summed E-state index contributed by atoms with van der Waals surface area (Å²) in [6.07, 6.45) is 1.64. The Hall–Kier alpha value is -2.70. The van der Waals surface area contributed by atoms with Crippen molar-refractivity contribution < 1.29 is 23.4 Å². The van der Waals surface area contributed by atoms with Crippen molar-refractivity contribution in [3.05, 3.63) is 42.1 Å². The molecule has 1 heterocycles. The summed E-state index contributed by atoms with van der Waals surface area (Å²) in [5, 5.41) is 11.7. The molecule has 0 spiro atoms. The fraction of sp³-hybridized carbons (Fsp3) is 0.333. The number of ether oxygens (including phenoxy) is 1. The number of pyridine rings is 1. The van der Waals surface area contributed by atoms with Crippen LogP contribution in [0.5, 0.6) is 5.75 Å². The van der Waals surface area contributed by atoms with Crippen molar-refractivity contribution >= 4 is 11.8 Å². The van der Waals surface area contributed by atoms with Crippen molar-refractivity contribution in [2.24, 2.45) is 0 Å². The summed E-state index contributed by atoms with van der Waals surface area (Å²) in [6, 6.07) is 5.88. The largest absolute Gasteiger partial charge is 0.488 e. The standard InChI is InChI=1S/C18H20F2N2O3/c1-11(2)22-18-13(5-3-7-21-18)12-9-14(19)17(15(20)10-12)25-8-4-6-16(23)24/h3,5,7,9-11H,4,6,8H2,1-2H3,(H,21,22)(H,23,24). The molecule has 2 N–H and O–H groups in total. The summed E-state index contributed by atoms with van der Waals surface area (Å²) >= 11 is 0. The molecule has 0 fully saturated rings. The van der Waals surface area contributed by atoms with E-state index in [1.807, 2.05) is 13.8 Å². The molecule has 0 aliphatic heterocycles. The number of aromatic nitrogens is 1. The topological polar surface area (TPSA) is 71.5 Å². The van der Waals surface area contributed by atoms with Crippen molar-refractivity contribution in [1.82, 2.24) is 4.98 Å². The predicted octanol–water partition coefficient (Wildman–Crippen LogP) is 4.09. The molecular weight excluding hydrogens is 330 g/mol. The number of halogens is 2. The normalized spacial score (nSPS) is 10.8. The van der Waals surface area contributed by atoms with Crippen molar-refractivity contribution in [2.75, 3.05) is 11.9 Å². The summed E-state index contributed by atoms with van der Waals surface area (Å²) in [4.78, 5) is 14.7. The van der Waals surface area contributed by atoms with Gasteiger partial charge in [0.1, 0.15) is 5.82 Å². The average Bonchev–Trinajstić information content (AvgIpc) is 2.53. The number of nitrogens with zero attached hydrogens (tertiary/aromatic N) is 1. The first-order valence-electron chi connectivity index (χ1n) is 7.94. The van der Waals surface area contributed by atoms with Gasteiger partial charge in [0.15, 0.2) is 17.4 Å². The zero-order chi connectivity index (χ0) is 18.4. The lowest BCUT2D eigenvalue weighted by Gasteiger charge is -2.15. The number of aliphatic carboxylic acids is 1. The molecule has 0 atom stereocenters. The van der Waals surface area contributed by atoms with E-state index in [2.05, 4.69) is 10.3 Å². The van der Waals surface area contributed by atoms with Crippen LogP contribution in [-0.2, 0) is 4.79 Å². The fourth-order valence-electron chi connectivity index (χ4n) is 2.28. The third-order valence-corrected chi connectivity index (χ3v) is 3.32. The van der Waals surface area contributed by atoms with Gasteiger partial charge in [0.25, 0.3) is 0 Å². The predicted molar refractivity (Wildman–Crippen MR) is 90.7 cm³/mol. The van der Waals surface area contributed by atoms with Crippen LogP contribution >= 0.6 is 0 Å². The number of carboxylic acids is 1. The van der Waals surface area contributed by atoms with Crippen LogP contribution in [-0.4, -0.2) is 28.7 Å². The zero-order valence-electron chi connectivity index (χ0n) is 14.1. The van der Waals surface area contributed by atoms with E-state index in [-0.39, 0.29) is 25.5 Å². The van der Waals surface area contributed by atoms with Gasteiger partial charge in [0, 0.05) is 24.2 Å². The van der Waals surface area contributed by atoms with Crippen LogP contribution in [0.4, 0.5) is 14.6 Å². The first-order valence-corrected chi connectivity index (χ1v) is 7.94. The third kappa shape index (κ3) is 5.14. The second-order valence-electron chi connectivity index (χ2n) is 5.81. The van der Waals surface area contributed by atoms with E-state index in [4.69, 9.17) is 9.84 Å². The van der Waals surface area contributed by atoms with Crippen LogP contribution in [0.2, 0.25) is 0 Å². The second-order valence-corrected chi connectivity index (χ2v) is 5.81. The lowest BCUT2D eigenvalue weighted by atomic mass is 10.1. The molecule has 1 aromatic carbocycles. The maximum Gasteiger partial charge on any atom is 0.303 e. The highest BCUT2D eigenvalue weighted by atomic mass is 19.1. The Kier molecular flexibility index (Phi) is 6.27. The third-order valence-electron chi connectivity index (χ3n) is 3.32. The molecule has 0 aliphatic rings. The molecule has 2 rings (SSSR count). The van der Waals surface area contributed by atoms with E-state index in [1.54, 1.807) is 18.3 Å². The maximum absolute atomic E-state index is 14.3. The molecule has 0 saturated heterocycles. The number of anilines is 1. The van der Waals surface area contributed by atoms with Crippen LogP contribution in [0.1, 0.15) is 26.7 Å². The molecule has 0 aliphatic carbocycles. The van der Waals surface area contributed by atoms with Gasteiger partial charge in [-0.1, -0.05) is 0 Å². The average molecular weight is 350 g/mol. The molecule has 0 radical (unpaired) electrons. The van der Waals surface area contributed by atoms with Gasteiger partial charge in [0.2, 0.25) is 0 Å². The minimum Gasteiger partial charge on any atom is -0.488 e. The highest BCUT2D eigenvalue weighted by Crippen LogP contribution is 2.32. The minimum absolute atomic E-state index is 0.0769. The van der Waals surface area contributed by atoms with Gasteiger partial charge >= 0.3 is 5.97 Å². The lowest BCUT2D eigenvalue weighted by molar-refractivity contribution is -0.137. The summed E-state index contributed by atoms with van der Waals surface area (Å²) in [6.45, 7) is 3.80. The lowest BCUT2D eigenvalue weighted by Crippen LogP contribution is -2.12. The van der Waals surface area contributed by atoms with Crippen LogP contribution in [0.25, 0.3) is 11.1 Å². The smallest absolute Gasteiger partial charge is 0.303 e. The highest BCUT2D eigenvalue weighted by molar-refractivity contribution is 5.75. The number of carbonyl (C=O) groups is 1. The quantitative estimate of drug-likeness (QED) is 0.702.